The molecule has 1 amide bonds. The number of hydrogen-bond donors (Lipinski definition) is 2. The molecule has 0 aliphatic carbocycles. The highest BCUT2D eigenvalue weighted by Crippen LogP contribution is 2.18. The molecule has 0 bridgehead atoms. The summed E-state index contributed by atoms with van der Waals surface area (Å²) in [5, 5.41) is 3.85. The second kappa shape index (κ2) is 6.18. The van der Waals surface area contributed by atoms with Crippen LogP contribution in [0.5, 0.6) is 0 Å². The van der Waals surface area contributed by atoms with Crippen LogP contribution in [0.4, 0.5) is 4.79 Å². The van der Waals surface area contributed by atoms with Gasteiger partial charge in [-0.05, 0) is 51.0 Å². The maximum atomic E-state index is 11.8. The number of amides is 1. The first-order chi connectivity index (χ1) is 9.87. The lowest BCUT2D eigenvalue weighted by molar-refractivity contribution is 0.0506. The summed E-state index contributed by atoms with van der Waals surface area (Å²) in [4.78, 5) is 11.8. The number of hydrogen-bond acceptors (Lipinski definition) is 4. The Balaban J connectivity index is 1.99. The topological polar surface area (TPSA) is 77.5 Å². The number of rotatable bonds is 4. The summed E-state index contributed by atoms with van der Waals surface area (Å²) >= 11 is 0. The summed E-state index contributed by atoms with van der Waals surface area (Å²) in [5.74, 6) is 0. The highest BCUT2D eigenvalue weighted by molar-refractivity contribution is 5.77. The minimum atomic E-state index is -0.515. The second-order valence-corrected chi connectivity index (χ2v) is 6.08. The molecule has 0 fully saturated rings. The Hall–Kier alpha value is -2.01. The van der Waals surface area contributed by atoms with Gasteiger partial charge in [0.15, 0.2) is 0 Å². The molecule has 1 aromatic heterocycles. The molecule has 0 saturated carbocycles. The van der Waals surface area contributed by atoms with Crippen molar-refractivity contribution in [2.24, 2.45) is 5.73 Å². The summed E-state index contributed by atoms with van der Waals surface area (Å²) in [7, 11) is 0. The molecule has 21 heavy (non-hydrogen) atoms. The Morgan fingerprint density at radius 1 is 1.38 bits per heavy atom. The maximum Gasteiger partial charge on any atom is 0.407 e. The second-order valence-electron chi connectivity index (χ2n) is 6.08. The lowest BCUT2D eigenvalue weighted by Crippen LogP contribution is -2.44. The summed E-state index contributed by atoms with van der Waals surface area (Å²) in [5.41, 5.74) is 7.16. The minimum Gasteiger partial charge on any atom is -0.464 e. The third-order valence-electron chi connectivity index (χ3n) is 3.00. The zero-order chi connectivity index (χ0) is 15.5. The smallest absolute Gasteiger partial charge is 0.407 e. The van der Waals surface area contributed by atoms with E-state index in [-0.39, 0.29) is 6.04 Å². The molecule has 2 rings (SSSR count). The van der Waals surface area contributed by atoms with Gasteiger partial charge < -0.3 is 20.2 Å². The molecule has 1 heterocycles. The van der Waals surface area contributed by atoms with Crippen LogP contribution in [-0.2, 0) is 11.2 Å². The van der Waals surface area contributed by atoms with Gasteiger partial charge in [-0.1, -0.05) is 6.07 Å². The molecule has 1 atom stereocenters. The van der Waals surface area contributed by atoms with E-state index >= 15 is 0 Å². The fourth-order valence-electron chi connectivity index (χ4n) is 2.10. The van der Waals surface area contributed by atoms with Crippen molar-refractivity contribution in [3.63, 3.8) is 0 Å². The molecule has 5 nitrogen and oxygen atoms in total. The number of carbonyl (C=O) groups excluding carboxylic acids is 1. The van der Waals surface area contributed by atoms with Gasteiger partial charge >= 0.3 is 6.09 Å². The van der Waals surface area contributed by atoms with Gasteiger partial charge in [0.1, 0.15) is 11.2 Å². The SMILES string of the molecule is CC(C)(C)OC(=O)NC(CN)Cc1ccc2occc2c1. The third kappa shape index (κ3) is 4.49. The van der Waals surface area contributed by atoms with Gasteiger partial charge in [-0.15, -0.1) is 0 Å². The van der Waals surface area contributed by atoms with Crippen molar-refractivity contribution in [3.05, 3.63) is 36.1 Å². The van der Waals surface area contributed by atoms with Crippen LogP contribution in [0.1, 0.15) is 26.3 Å². The molecule has 0 aliphatic heterocycles. The normalized spacial score (nSPS) is 13.1. The van der Waals surface area contributed by atoms with Gasteiger partial charge in [0.25, 0.3) is 0 Å². The van der Waals surface area contributed by atoms with Gasteiger partial charge in [-0.2, -0.15) is 0 Å². The lowest BCUT2D eigenvalue weighted by atomic mass is 10.0. The molecule has 0 saturated heterocycles. The fourth-order valence-corrected chi connectivity index (χ4v) is 2.10. The highest BCUT2D eigenvalue weighted by atomic mass is 16.6. The Morgan fingerprint density at radius 3 is 2.81 bits per heavy atom. The van der Waals surface area contributed by atoms with Gasteiger partial charge in [-0.3, -0.25) is 0 Å². The molecule has 0 radical (unpaired) electrons. The van der Waals surface area contributed by atoms with Crippen molar-refractivity contribution in [2.45, 2.75) is 38.8 Å². The first-order valence-corrected chi connectivity index (χ1v) is 7.03. The van der Waals surface area contributed by atoms with E-state index in [0.29, 0.717) is 13.0 Å². The van der Waals surface area contributed by atoms with Crippen molar-refractivity contribution in [2.75, 3.05) is 6.54 Å². The maximum absolute atomic E-state index is 11.8. The van der Waals surface area contributed by atoms with Crippen molar-refractivity contribution >= 4 is 17.1 Å². The summed E-state index contributed by atoms with van der Waals surface area (Å²) < 4.78 is 10.6. The van der Waals surface area contributed by atoms with Crippen molar-refractivity contribution in [3.8, 4) is 0 Å². The van der Waals surface area contributed by atoms with E-state index in [4.69, 9.17) is 14.9 Å². The highest BCUT2D eigenvalue weighted by Gasteiger charge is 2.19. The van der Waals surface area contributed by atoms with E-state index in [2.05, 4.69) is 5.32 Å². The fraction of sp³-hybridized carbons (Fsp3) is 0.438. The molecule has 1 unspecified atom stereocenters. The average Bonchev–Trinajstić information content (AvgIpc) is 2.83. The number of alkyl carbamates (subject to hydrolysis) is 1. The number of nitrogens with two attached hydrogens (primary N) is 1. The first-order valence-electron chi connectivity index (χ1n) is 7.03. The Labute approximate surface area is 124 Å². The Kier molecular flexibility index (Phi) is 4.53. The first kappa shape index (κ1) is 15.4. The largest absolute Gasteiger partial charge is 0.464 e. The van der Waals surface area contributed by atoms with Crippen LogP contribution in [-0.4, -0.2) is 24.3 Å². The summed E-state index contributed by atoms with van der Waals surface area (Å²) in [6, 6.07) is 7.69. The van der Waals surface area contributed by atoms with Crippen LogP contribution in [0.3, 0.4) is 0 Å². The van der Waals surface area contributed by atoms with Crippen LogP contribution in [0.2, 0.25) is 0 Å². The van der Waals surface area contributed by atoms with Gasteiger partial charge in [0.2, 0.25) is 0 Å². The van der Waals surface area contributed by atoms with Crippen molar-refractivity contribution in [1.82, 2.24) is 5.32 Å². The van der Waals surface area contributed by atoms with E-state index in [9.17, 15) is 4.79 Å². The number of nitrogens with one attached hydrogen (secondary N) is 1. The van der Waals surface area contributed by atoms with Crippen LogP contribution >= 0.6 is 0 Å². The Bertz CT molecular complexity index is 613. The Morgan fingerprint density at radius 2 is 2.14 bits per heavy atom. The number of benzene rings is 1. The predicted octanol–water partition coefficient (Wildman–Crippen LogP) is 2.83. The van der Waals surface area contributed by atoms with E-state index < -0.39 is 11.7 Å². The molecule has 1 aromatic carbocycles. The number of carbonyl (C=O) groups is 1. The lowest BCUT2D eigenvalue weighted by Gasteiger charge is -2.23. The van der Waals surface area contributed by atoms with E-state index in [1.807, 2.05) is 45.0 Å². The molecule has 0 spiro atoms. The monoisotopic (exact) mass is 290 g/mol. The van der Waals surface area contributed by atoms with Crippen molar-refractivity contribution in [1.29, 1.82) is 0 Å². The van der Waals surface area contributed by atoms with E-state index in [1.54, 1.807) is 6.26 Å². The van der Waals surface area contributed by atoms with Crippen LogP contribution in [0.25, 0.3) is 11.0 Å². The number of ether oxygens (including phenoxy) is 1. The molecule has 0 aliphatic rings. The van der Waals surface area contributed by atoms with Crippen LogP contribution < -0.4 is 11.1 Å². The number of furan rings is 1. The summed E-state index contributed by atoms with van der Waals surface area (Å²) in [6.45, 7) is 5.84. The van der Waals surface area contributed by atoms with Gasteiger partial charge in [0, 0.05) is 18.0 Å². The minimum absolute atomic E-state index is 0.163. The van der Waals surface area contributed by atoms with Crippen molar-refractivity contribution < 1.29 is 13.9 Å². The summed E-state index contributed by atoms with van der Waals surface area (Å²) in [6.07, 6.45) is 1.87. The average molecular weight is 290 g/mol. The van der Waals surface area contributed by atoms with Gasteiger partial charge in [-0.25, -0.2) is 4.79 Å². The molecule has 114 valence electrons. The molecule has 2 aromatic rings. The zero-order valence-corrected chi connectivity index (χ0v) is 12.7. The predicted molar refractivity (Wildman–Crippen MR) is 82.1 cm³/mol. The van der Waals surface area contributed by atoms with Gasteiger partial charge in [0.05, 0.1) is 6.26 Å². The zero-order valence-electron chi connectivity index (χ0n) is 12.7. The van der Waals surface area contributed by atoms with Crippen LogP contribution in [0.15, 0.2) is 34.9 Å². The van der Waals surface area contributed by atoms with E-state index in [0.717, 1.165) is 16.5 Å². The number of fused-ring (bicyclic) bond motifs is 1. The molecular formula is C16H22N2O3. The van der Waals surface area contributed by atoms with Crippen LogP contribution in [0, 0.1) is 0 Å². The van der Waals surface area contributed by atoms with E-state index in [1.165, 1.54) is 0 Å². The molecule has 5 heteroatoms. The standard InChI is InChI=1S/C16H22N2O3/c1-16(2,3)21-15(19)18-13(10-17)9-11-4-5-14-12(8-11)6-7-20-14/h4-8,13H,9-10,17H2,1-3H3,(H,18,19). The molecule has 3 N–H and O–H groups in total. The quantitative estimate of drug-likeness (QED) is 0.907. The third-order valence-corrected chi connectivity index (χ3v) is 3.00. The molecular weight excluding hydrogens is 268 g/mol.